The Morgan fingerprint density at radius 2 is 2.00 bits per heavy atom. The van der Waals surface area contributed by atoms with Crippen molar-refractivity contribution >= 4 is 28.6 Å². The summed E-state index contributed by atoms with van der Waals surface area (Å²) in [6, 6.07) is 7.66. The highest BCUT2D eigenvalue weighted by Gasteiger charge is 2.34. The van der Waals surface area contributed by atoms with Crippen LogP contribution in [0.3, 0.4) is 0 Å². The lowest BCUT2D eigenvalue weighted by atomic mass is 9.82. The van der Waals surface area contributed by atoms with Gasteiger partial charge in [-0.3, -0.25) is 9.59 Å². The molecule has 1 N–H and O–H groups in total. The summed E-state index contributed by atoms with van der Waals surface area (Å²) in [5, 5.41) is 15.4. The monoisotopic (exact) mass is 380 g/mol. The van der Waals surface area contributed by atoms with Gasteiger partial charge < -0.3 is 10.1 Å². The molecule has 1 aliphatic carbocycles. The van der Waals surface area contributed by atoms with E-state index in [-0.39, 0.29) is 11.9 Å². The summed E-state index contributed by atoms with van der Waals surface area (Å²) in [4.78, 5) is 24.6. The molecule has 144 valence electrons. The van der Waals surface area contributed by atoms with Gasteiger partial charge in [-0.1, -0.05) is 29.5 Å². The topological polar surface area (TPSA) is 104 Å². The summed E-state index contributed by atoms with van der Waals surface area (Å²) in [6.07, 6.45) is 8.13. The van der Waals surface area contributed by atoms with Crippen LogP contribution >= 0.6 is 0 Å². The van der Waals surface area contributed by atoms with Crippen LogP contribution in [0.25, 0.3) is 11.0 Å². The Morgan fingerprint density at radius 3 is 2.82 bits per heavy atom. The first-order chi connectivity index (χ1) is 13.7. The number of rotatable bonds is 5. The number of ether oxygens (including phenoxy) is 1. The maximum Gasteiger partial charge on any atom is 0.309 e. The number of carbonyl (C=O) groups excluding carboxylic acids is 2. The molecular weight excluding hydrogens is 360 g/mol. The van der Waals surface area contributed by atoms with Crippen molar-refractivity contribution in [3.63, 3.8) is 0 Å². The zero-order valence-corrected chi connectivity index (χ0v) is 15.4. The van der Waals surface area contributed by atoms with Crippen molar-refractivity contribution in [3.8, 4) is 0 Å². The Bertz CT molecular complexity index is 1040. The van der Waals surface area contributed by atoms with E-state index < -0.39 is 11.8 Å². The average molecular weight is 380 g/mol. The molecule has 0 saturated heterocycles. The van der Waals surface area contributed by atoms with Crippen molar-refractivity contribution < 1.29 is 14.3 Å². The molecule has 0 bridgehead atoms. The maximum atomic E-state index is 12.7. The number of anilines is 1. The SMILES string of the molecule is COC(=O)[C@H]1CC=CC[C@H]1C(=O)Nc1cnn(Cn2nnc3ccccc32)c1. The summed E-state index contributed by atoms with van der Waals surface area (Å²) in [7, 11) is 1.34. The van der Waals surface area contributed by atoms with E-state index >= 15 is 0 Å². The normalized spacial score (nSPS) is 18.9. The third-order valence-electron chi connectivity index (χ3n) is 4.87. The minimum atomic E-state index is -0.466. The van der Waals surface area contributed by atoms with Crippen molar-refractivity contribution in [2.24, 2.45) is 11.8 Å². The van der Waals surface area contributed by atoms with E-state index in [2.05, 4.69) is 20.7 Å². The van der Waals surface area contributed by atoms with Crippen LogP contribution < -0.4 is 5.32 Å². The van der Waals surface area contributed by atoms with E-state index in [0.29, 0.717) is 25.2 Å². The summed E-state index contributed by atoms with van der Waals surface area (Å²) in [6.45, 7) is 0.368. The van der Waals surface area contributed by atoms with Crippen molar-refractivity contribution in [1.29, 1.82) is 0 Å². The number of carbonyl (C=O) groups is 2. The van der Waals surface area contributed by atoms with Gasteiger partial charge in [-0.25, -0.2) is 9.36 Å². The summed E-state index contributed by atoms with van der Waals surface area (Å²) in [5.41, 5.74) is 2.27. The van der Waals surface area contributed by atoms with E-state index in [0.717, 1.165) is 11.0 Å². The van der Waals surface area contributed by atoms with Crippen LogP contribution in [0.15, 0.2) is 48.8 Å². The van der Waals surface area contributed by atoms with Crippen LogP contribution in [-0.2, 0) is 21.0 Å². The highest BCUT2D eigenvalue weighted by Crippen LogP contribution is 2.28. The van der Waals surface area contributed by atoms with E-state index in [9.17, 15) is 9.59 Å². The maximum absolute atomic E-state index is 12.7. The third-order valence-corrected chi connectivity index (χ3v) is 4.87. The van der Waals surface area contributed by atoms with Gasteiger partial charge in [0.25, 0.3) is 0 Å². The highest BCUT2D eigenvalue weighted by atomic mass is 16.5. The average Bonchev–Trinajstić information content (AvgIpc) is 3.35. The smallest absolute Gasteiger partial charge is 0.309 e. The molecule has 9 heteroatoms. The molecule has 0 spiro atoms. The molecule has 1 aromatic carbocycles. The molecule has 0 fully saturated rings. The van der Waals surface area contributed by atoms with E-state index in [4.69, 9.17) is 4.74 Å². The molecule has 0 saturated carbocycles. The minimum Gasteiger partial charge on any atom is -0.469 e. The first-order valence-electron chi connectivity index (χ1n) is 9.00. The van der Waals surface area contributed by atoms with Crippen molar-refractivity contribution in [2.45, 2.75) is 19.5 Å². The van der Waals surface area contributed by atoms with Gasteiger partial charge in [0.2, 0.25) is 5.91 Å². The summed E-state index contributed by atoms with van der Waals surface area (Å²) < 4.78 is 8.22. The van der Waals surface area contributed by atoms with Crippen molar-refractivity contribution in [3.05, 3.63) is 48.8 Å². The number of esters is 1. The van der Waals surface area contributed by atoms with Gasteiger partial charge in [-0.2, -0.15) is 5.10 Å². The molecule has 2 aromatic heterocycles. The Balaban J connectivity index is 1.45. The van der Waals surface area contributed by atoms with Crippen molar-refractivity contribution in [1.82, 2.24) is 24.8 Å². The van der Waals surface area contributed by atoms with E-state index in [1.807, 2.05) is 36.4 Å². The number of methoxy groups -OCH3 is 1. The lowest BCUT2D eigenvalue weighted by Gasteiger charge is -2.25. The molecule has 1 aliphatic rings. The van der Waals surface area contributed by atoms with Gasteiger partial charge in [-0.15, -0.1) is 5.10 Å². The molecular formula is C19H20N6O3. The Hall–Kier alpha value is -3.49. The number of nitrogens with one attached hydrogen (secondary N) is 1. The lowest BCUT2D eigenvalue weighted by molar-refractivity contribution is -0.149. The number of nitrogens with zero attached hydrogens (tertiary/aromatic N) is 5. The molecule has 2 atom stereocenters. The van der Waals surface area contributed by atoms with Crippen LogP contribution in [0.4, 0.5) is 5.69 Å². The van der Waals surface area contributed by atoms with Crippen LogP contribution in [0.1, 0.15) is 12.8 Å². The van der Waals surface area contributed by atoms with E-state index in [1.165, 1.54) is 7.11 Å². The summed E-state index contributed by atoms with van der Waals surface area (Å²) >= 11 is 0. The molecule has 1 amide bonds. The number of benzene rings is 1. The van der Waals surface area contributed by atoms with Crippen molar-refractivity contribution in [2.75, 3.05) is 12.4 Å². The molecule has 3 aromatic rings. The van der Waals surface area contributed by atoms with Gasteiger partial charge in [0.1, 0.15) is 12.2 Å². The number of hydrogen-bond acceptors (Lipinski definition) is 6. The number of allylic oxidation sites excluding steroid dienone is 2. The molecule has 9 nitrogen and oxygen atoms in total. The zero-order chi connectivity index (χ0) is 19.5. The predicted molar refractivity (Wildman–Crippen MR) is 101 cm³/mol. The van der Waals surface area contributed by atoms with Crippen LogP contribution in [0, 0.1) is 11.8 Å². The van der Waals surface area contributed by atoms with Crippen LogP contribution in [0.5, 0.6) is 0 Å². The van der Waals surface area contributed by atoms with Crippen LogP contribution in [-0.4, -0.2) is 43.8 Å². The van der Waals surface area contributed by atoms with Crippen LogP contribution in [0.2, 0.25) is 0 Å². The third kappa shape index (κ3) is 3.51. The Kier molecular flexibility index (Phi) is 4.88. The fourth-order valence-corrected chi connectivity index (χ4v) is 3.42. The molecule has 0 aliphatic heterocycles. The molecule has 4 rings (SSSR count). The molecule has 28 heavy (non-hydrogen) atoms. The number of hydrogen-bond donors (Lipinski definition) is 1. The predicted octanol–water partition coefficient (Wildman–Crippen LogP) is 1.83. The lowest BCUT2D eigenvalue weighted by Crippen LogP contribution is -2.35. The Labute approximate surface area is 161 Å². The second kappa shape index (κ2) is 7.63. The number of para-hydroxylation sites is 1. The first kappa shape index (κ1) is 17.9. The van der Waals surface area contributed by atoms with Gasteiger partial charge >= 0.3 is 5.97 Å². The summed E-state index contributed by atoms with van der Waals surface area (Å²) in [5.74, 6) is -1.50. The van der Waals surface area contributed by atoms with Gasteiger partial charge in [0.15, 0.2) is 0 Å². The number of fused-ring (bicyclic) bond motifs is 1. The largest absolute Gasteiger partial charge is 0.469 e. The molecule has 0 radical (unpaired) electrons. The number of amides is 1. The quantitative estimate of drug-likeness (QED) is 0.535. The zero-order valence-electron chi connectivity index (χ0n) is 15.4. The first-order valence-corrected chi connectivity index (χ1v) is 9.00. The number of aromatic nitrogens is 5. The molecule has 0 unspecified atom stereocenters. The fraction of sp³-hybridized carbons (Fsp3) is 0.316. The second-order valence-electron chi connectivity index (χ2n) is 6.66. The second-order valence-corrected chi connectivity index (χ2v) is 6.66. The van der Waals surface area contributed by atoms with Gasteiger partial charge in [0.05, 0.1) is 42.5 Å². The molecule has 2 heterocycles. The van der Waals surface area contributed by atoms with E-state index in [1.54, 1.807) is 21.8 Å². The standard InChI is InChI=1S/C19H20N6O3/c1-28-19(27)15-7-3-2-6-14(15)18(26)21-13-10-20-24(11-13)12-25-17-9-5-4-8-16(17)22-23-25/h2-5,8-11,14-15H,6-7,12H2,1H3,(H,21,26)/t14-,15+/m1/s1. The van der Waals surface area contributed by atoms with Gasteiger partial charge in [-0.05, 0) is 25.0 Å². The highest BCUT2D eigenvalue weighted by molar-refractivity contribution is 5.95. The Morgan fingerprint density at radius 1 is 1.21 bits per heavy atom. The minimum absolute atomic E-state index is 0.217. The fourth-order valence-electron chi connectivity index (χ4n) is 3.42. The van der Waals surface area contributed by atoms with Gasteiger partial charge in [0, 0.05) is 0 Å².